The van der Waals surface area contributed by atoms with Crippen LogP contribution in [-0.4, -0.2) is 4.57 Å². The van der Waals surface area contributed by atoms with Gasteiger partial charge in [0.2, 0.25) is 0 Å². The zero-order valence-corrected chi connectivity index (χ0v) is 33.0. The molecule has 0 atom stereocenters. The van der Waals surface area contributed by atoms with Crippen LogP contribution in [0, 0.1) is 0 Å². The highest BCUT2D eigenvalue weighted by molar-refractivity contribution is 6.16. The number of fused-ring (bicyclic) bond motifs is 4. The summed E-state index contributed by atoms with van der Waals surface area (Å²) in [5.74, 6) is 0. The van der Waals surface area contributed by atoms with E-state index in [1.807, 2.05) is 0 Å². The summed E-state index contributed by atoms with van der Waals surface area (Å²) in [6, 6.07) is 87.8. The van der Waals surface area contributed by atoms with E-state index in [0.29, 0.717) is 0 Å². The molecule has 11 aromatic rings. The van der Waals surface area contributed by atoms with E-state index in [0.717, 1.165) is 33.9 Å². The maximum absolute atomic E-state index is 2.42. The lowest BCUT2D eigenvalue weighted by Crippen LogP contribution is -2.11. The molecule has 0 radical (unpaired) electrons. The van der Waals surface area contributed by atoms with E-state index in [9.17, 15) is 0 Å². The fourth-order valence-electron chi connectivity index (χ4n) is 8.91. The second kappa shape index (κ2) is 15.1. The summed E-state index contributed by atoms with van der Waals surface area (Å²) in [5, 5.41) is 4.98. The lowest BCUT2D eigenvalue weighted by molar-refractivity contribution is 1.19. The number of hydrogen-bond donors (Lipinski definition) is 0. The van der Waals surface area contributed by atoms with Gasteiger partial charge in [-0.1, -0.05) is 182 Å². The predicted octanol–water partition coefficient (Wildman–Crippen LogP) is 16.1. The molecule has 0 unspecified atom stereocenters. The molecule has 0 bridgehead atoms. The van der Waals surface area contributed by atoms with E-state index in [4.69, 9.17) is 0 Å². The first-order valence-electron chi connectivity index (χ1n) is 20.6. The molecule has 0 aliphatic heterocycles. The maximum Gasteiger partial charge on any atom is 0.0547 e. The zero-order chi connectivity index (χ0) is 39.8. The molecule has 2 nitrogen and oxygen atoms in total. The average Bonchev–Trinajstić information content (AvgIpc) is 3.67. The van der Waals surface area contributed by atoms with E-state index in [1.165, 1.54) is 66.0 Å². The van der Waals surface area contributed by atoms with Crippen LogP contribution in [0.15, 0.2) is 243 Å². The van der Waals surface area contributed by atoms with Crippen LogP contribution in [0.3, 0.4) is 0 Å². The molecule has 0 spiro atoms. The number of para-hydroxylation sites is 3. The molecular weight excluding hydrogens is 725 g/mol. The van der Waals surface area contributed by atoms with Gasteiger partial charge in [-0.3, -0.25) is 0 Å². The van der Waals surface area contributed by atoms with Crippen molar-refractivity contribution < 1.29 is 0 Å². The molecule has 10 aromatic carbocycles. The number of hydrogen-bond acceptors (Lipinski definition) is 1. The fourth-order valence-corrected chi connectivity index (χ4v) is 8.91. The van der Waals surface area contributed by atoms with Crippen LogP contribution >= 0.6 is 0 Å². The molecule has 0 saturated carbocycles. The number of rotatable bonds is 8. The number of benzene rings is 10. The van der Waals surface area contributed by atoms with Gasteiger partial charge in [-0.25, -0.2) is 0 Å². The van der Waals surface area contributed by atoms with Crippen molar-refractivity contribution in [2.75, 3.05) is 4.90 Å². The molecule has 0 N–H and O–H groups in total. The third-order valence-electron chi connectivity index (χ3n) is 11.8. The van der Waals surface area contributed by atoms with Crippen molar-refractivity contribution in [3.8, 4) is 50.2 Å². The molecule has 0 amide bonds. The fraction of sp³-hybridized carbons (Fsp3) is 0. The van der Waals surface area contributed by atoms with Crippen molar-refractivity contribution in [3.63, 3.8) is 0 Å². The summed E-state index contributed by atoms with van der Waals surface area (Å²) in [5.41, 5.74) is 16.4. The third kappa shape index (κ3) is 6.32. The topological polar surface area (TPSA) is 8.17 Å². The number of nitrogens with zero attached hydrogens (tertiary/aromatic N) is 2. The van der Waals surface area contributed by atoms with Crippen molar-refractivity contribution in [1.29, 1.82) is 0 Å². The van der Waals surface area contributed by atoms with Crippen molar-refractivity contribution in [2.24, 2.45) is 0 Å². The molecule has 1 aromatic heterocycles. The Bertz CT molecular complexity index is 3290. The Morgan fingerprint density at radius 2 is 0.817 bits per heavy atom. The Morgan fingerprint density at radius 1 is 0.300 bits per heavy atom. The van der Waals surface area contributed by atoms with E-state index in [2.05, 4.69) is 252 Å². The third-order valence-corrected chi connectivity index (χ3v) is 11.8. The Kier molecular flexibility index (Phi) is 8.87. The van der Waals surface area contributed by atoms with E-state index >= 15 is 0 Å². The van der Waals surface area contributed by atoms with Gasteiger partial charge in [0, 0.05) is 33.4 Å². The minimum Gasteiger partial charge on any atom is -0.310 e. The highest BCUT2D eigenvalue weighted by atomic mass is 15.1. The van der Waals surface area contributed by atoms with Gasteiger partial charge in [-0.2, -0.15) is 0 Å². The lowest BCUT2D eigenvalue weighted by atomic mass is 9.94. The van der Waals surface area contributed by atoms with Gasteiger partial charge < -0.3 is 9.47 Å². The molecule has 0 aliphatic carbocycles. The Hall–Kier alpha value is -7.94. The number of anilines is 3. The summed E-state index contributed by atoms with van der Waals surface area (Å²) in [4.78, 5) is 2.38. The van der Waals surface area contributed by atoms with Gasteiger partial charge >= 0.3 is 0 Å². The summed E-state index contributed by atoms with van der Waals surface area (Å²) >= 11 is 0. The van der Waals surface area contributed by atoms with Gasteiger partial charge in [0.1, 0.15) is 0 Å². The molecule has 11 rings (SSSR count). The molecule has 0 saturated heterocycles. The molecular formula is C58H40N2. The average molecular weight is 765 g/mol. The van der Waals surface area contributed by atoms with Crippen molar-refractivity contribution in [3.05, 3.63) is 243 Å². The van der Waals surface area contributed by atoms with Crippen LogP contribution in [0.1, 0.15) is 0 Å². The Balaban J connectivity index is 0.997. The highest BCUT2D eigenvalue weighted by Crippen LogP contribution is 2.44. The Morgan fingerprint density at radius 3 is 1.58 bits per heavy atom. The predicted molar refractivity (Wildman–Crippen MR) is 255 cm³/mol. The molecule has 0 aliphatic rings. The second-order valence-electron chi connectivity index (χ2n) is 15.3. The first kappa shape index (κ1) is 35.2. The van der Waals surface area contributed by atoms with Crippen molar-refractivity contribution in [1.82, 2.24) is 4.57 Å². The SMILES string of the molecule is c1ccc(-c2ccc(-c3ccc(N(c4ccccc4)c4ccccc4-c4cccc(-c5cccc6c5c5ccccc5n6-c5ccc6ccccc6c5)c4)cc3)cc2)cc1. The van der Waals surface area contributed by atoms with Crippen molar-refractivity contribution >= 4 is 49.6 Å². The highest BCUT2D eigenvalue weighted by Gasteiger charge is 2.20. The minimum atomic E-state index is 1.10. The molecule has 2 heteroatoms. The van der Waals surface area contributed by atoms with Crippen LogP contribution in [0.25, 0.3) is 82.8 Å². The second-order valence-corrected chi connectivity index (χ2v) is 15.3. The van der Waals surface area contributed by atoms with Crippen LogP contribution in [0.5, 0.6) is 0 Å². The summed E-state index contributed by atoms with van der Waals surface area (Å²) < 4.78 is 2.42. The molecule has 1 heterocycles. The van der Waals surface area contributed by atoms with Gasteiger partial charge in [0.05, 0.1) is 16.7 Å². The van der Waals surface area contributed by atoms with Crippen LogP contribution in [0.4, 0.5) is 17.1 Å². The van der Waals surface area contributed by atoms with Gasteiger partial charge in [0.25, 0.3) is 0 Å². The Labute approximate surface area is 350 Å². The zero-order valence-electron chi connectivity index (χ0n) is 33.0. The van der Waals surface area contributed by atoms with Gasteiger partial charge in [0.15, 0.2) is 0 Å². The maximum atomic E-state index is 2.42. The normalized spacial score (nSPS) is 11.3. The largest absolute Gasteiger partial charge is 0.310 e. The van der Waals surface area contributed by atoms with Gasteiger partial charge in [-0.05, 0) is 110 Å². The number of aromatic nitrogens is 1. The van der Waals surface area contributed by atoms with Gasteiger partial charge in [-0.15, -0.1) is 0 Å². The van der Waals surface area contributed by atoms with E-state index in [-0.39, 0.29) is 0 Å². The smallest absolute Gasteiger partial charge is 0.0547 e. The first-order valence-corrected chi connectivity index (χ1v) is 20.6. The minimum absolute atomic E-state index is 1.10. The summed E-state index contributed by atoms with van der Waals surface area (Å²) in [6.45, 7) is 0. The van der Waals surface area contributed by atoms with E-state index < -0.39 is 0 Å². The van der Waals surface area contributed by atoms with Crippen LogP contribution in [-0.2, 0) is 0 Å². The standard InChI is InChI=1S/C58H40N2/c1-3-15-41(16-4-1)43-29-31-44(32-30-43)45-33-36-50(37-34-45)59(49-21-5-2-6-22-49)55-26-11-9-23-52(55)47-19-13-20-48(39-47)53-25-14-28-57-58(53)54-24-10-12-27-56(54)60(57)51-38-35-42-17-7-8-18-46(42)40-51/h1-40H. The quantitative estimate of drug-likeness (QED) is 0.150. The van der Waals surface area contributed by atoms with Crippen molar-refractivity contribution in [2.45, 2.75) is 0 Å². The molecule has 282 valence electrons. The first-order chi connectivity index (χ1) is 29.8. The molecule has 0 fully saturated rings. The summed E-state index contributed by atoms with van der Waals surface area (Å²) in [6.07, 6.45) is 0. The lowest BCUT2D eigenvalue weighted by Gasteiger charge is -2.28. The van der Waals surface area contributed by atoms with E-state index in [1.54, 1.807) is 0 Å². The summed E-state index contributed by atoms with van der Waals surface area (Å²) in [7, 11) is 0. The van der Waals surface area contributed by atoms with Crippen LogP contribution in [0.2, 0.25) is 0 Å². The van der Waals surface area contributed by atoms with Crippen LogP contribution < -0.4 is 4.90 Å². The monoisotopic (exact) mass is 764 g/mol. The molecule has 60 heavy (non-hydrogen) atoms.